The van der Waals surface area contributed by atoms with Crippen LogP contribution in [-0.4, -0.2) is 4.57 Å². The molecule has 0 unspecified atom stereocenters. The standard InChI is InChI=1S/C13H18BrNO/c1-2-3-4-5-6-12(11-14)15-9-7-13(16)8-10-15/h7-11H,2-6H2,1H3/b12-11-. The first kappa shape index (κ1) is 13.2. The molecule has 0 radical (unpaired) electrons. The second-order valence-electron chi connectivity index (χ2n) is 3.85. The SMILES string of the molecule is CCCCCC/C(=C/Br)n1ccc(=O)cc1. The molecule has 1 aromatic rings. The van der Waals surface area contributed by atoms with Crippen LogP contribution in [0.3, 0.4) is 0 Å². The zero-order valence-corrected chi connectivity index (χ0v) is 11.2. The molecule has 1 heterocycles. The molecule has 0 spiro atoms. The summed E-state index contributed by atoms with van der Waals surface area (Å²) < 4.78 is 1.99. The van der Waals surface area contributed by atoms with Gasteiger partial charge in [-0.2, -0.15) is 0 Å². The fourth-order valence-corrected chi connectivity index (χ4v) is 2.04. The number of unbranched alkanes of at least 4 members (excludes halogenated alkanes) is 3. The van der Waals surface area contributed by atoms with Crippen LogP contribution in [0.15, 0.2) is 34.3 Å². The Labute approximate surface area is 105 Å². The van der Waals surface area contributed by atoms with Gasteiger partial charge in [-0.05, 0) is 12.8 Å². The van der Waals surface area contributed by atoms with Crippen LogP contribution in [0.4, 0.5) is 0 Å². The molecule has 16 heavy (non-hydrogen) atoms. The van der Waals surface area contributed by atoms with Gasteiger partial charge in [0.1, 0.15) is 0 Å². The van der Waals surface area contributed by atoms with E-state index in [0.717, 1.165) is 6.42 Å². The van der Waals surface area contributed by atoms with Gasteiger partial charge in [-0.1, -0.05) is 42.1 Å². The van der Waals surface area contributed by atoms with Crippen molar-refractivity contribution in [2.24, 2.45) is 0 Å². The third-order valence-electron chi connectivity index (χ3n) is 2.54. The quantitative estimate of drug-likeness (QED) is 0.723. The lowest BCUT2D eigenvalue weighted by Gasteiger charge is -2.09. The minimum Gasteiger partial charge on any atom is -0.327 e. The first-order chi connectivity index (χ1) is 7.77. The van der Waals surface area contributed by atoms with Crippen LogP contribution in [-0.2, 0) is 0 Å². The van der Waals surface area contributed by atoms with Gasteiger partial charge in [0.2, 0.25) is 0 Å². The van der Waals surface area contributed by atoms with E-state index in [0.29, 0.717) is 0 Å². The smallest absolute Gasteiger partial charge is 0.181 e. The molecular weight excluding hydrogens is 266 g/mol. The number of hydrogen-bond acceptors (Lipinski definition) is 1. The predicted octanol–water partition coefficient (Wildman–Crippen LogP) is 4.01. The molecule has 88 valence electrons. The van der Waals surface area contributed by atoms with Crippen LogP contribution in [0, 0.1) is 0 Å². The van der Waals surface area contributed by atoms with Gasteiger partial charge in [0, 0.05) is 35.2 Å². The average Bonchev–Trinajstić information content (AvgIpc) is 2.31. The molecule has 0 N–H and O–H groups in total. The van der Waals surface area contributed by atoms with Crippen molar-refractivity contribution in [3.05, 3.63) is 39.7 Å². The first-order valence-corrected chi connectivity index (χ1v) is 6.67. The second kappa shape index (κ2) is 7.44. The van der Waals surface area contributed by atoms with E-state index in [1.165, 1.54) is 31.4 Å². The van der Waals surface area contributed by atoms with E-state index in [1.807, 2.05) is 21.9 Å². The second-order valence-corrected chi connectivity index (χ2v) is 4.31. The number of aromatic nitrogens is 1. The molecule has 0 aromatic carbocycles. The molecule has 0 fully saturated rings. The van der Waals surface area contributed by atoms with E-state index >= 15 is 0 Å². The normalized spacial score (nSPS) is 11.8. The Bertz CT molecular complexity index is 375. The minimum atomic E-state index is 0.0520. The van der Waals surface area contributed by atoms with Crippen molar-refractivity contribution < 1.29 is 0 Å². The number of hydrogen-bond donors (Lipinski definition) is 0. The van der Waals surface area contributed by atoms with Crippen molar-refractivity contribution in [2.45, 2.75) is 39.0 Å². The van der Waals surface area contributed by atoms with Crippen molar-refractivity contribution >= 4 is 21.6 Å². The lowest BCUT2D eigenvalue weighted by atomic mass is 10.1. The van der Waals surface area contributed by atoms with Crippen LogP contribution in [0.1, 0.15) is 39.0 Å². The fourth-order valence-electron chi connectivity index (χ4n) is 1.58. The molecule has 0 amide bonds. The van der Waals surface area contributed by atoms with Gasteiger partial charge in [-0.3, -0.25) is 4.79 Å². The molecule has 1 aromatic heterocycles. The Kier molecular flexibility index (Phi) is 6.16. The molecule has 0 saturated heterocycles. The van der Waals surface area contributed by atoms with E-state index in [9.17, 15) is 4.79 Å². The summed E-state index contributed by atoms with van der Waals surface area (Å²) in [7, 11) is 0. The van der Waals surface area contributed by atoms with E-state index < -0.39 is 0 Å². The maximum Gasteiger partial charge on any atom is 0.181 e. The van der Waals surface area contributed by atoms with Gasteiger partial charge in [0.15, 0.2) is 5.43 Å². The molecule has 2 nitrogen and oxygen atoms in total. The van der Waals surface area contributed by atoms with Gasteiger partial charge >= 0.3 is 0 Å². The summed E-state index contributed by atoms with van der Waals surface area (Å²) in [5.41, 5.74) is 1.24. The largest absolute Gasteiger partial charge is 0.327 e. The first-order valence-electron chi connectivity index (χ1n) is 5.76. The molecule has 3 heteroatoms. The molecule has 0 aliphatic carbocycles. The Morgan fingerprint density at radius 1 is 1.31 bits per heavy atom. The lowest BCUT2D eigenvalue weighted by Crippen LogP contribution is -2.03. The molecule has 0 atom stereocenters. The van der Waals surface area contributed by atoms with Crippen LogP contribution >= 0.6 is 15.9 Å². The molecular formula is C13H18BrNO. The molecule has 0 bridgehead atoms. The Hall–Kier alpha value is -0.830. The zero-order valence-electron chi connectivity index (χ0n) is 9.66. The van der Waals surface area contributed by atoms with Crippen LogP contribution in [0.25, 0.3) is 5.70 Å². The minimum absolute atomic E-state index is 0.0520. The van der Waals surface area contributed by atoms with E-state index in [-0.39, 0.29) is 5.43 Å². The maximum absolute atomic E-state index is 11.0. The van der Waals surface area contributed by atoms with E-state index in [2.05, 4.69) is 22.9 Å². The van der Waals surface area contributed by atoms with Crippen molar-refractivity contribution in [2.75, 3.05) is 0 Å². The Balaban J connectivity index is 2.55. The third kappa shape index (κ3) is 4.35. The molecule has 0 aliphatic rings. The highest BCUT2D eigenvalue weighted by molar-refractivity contribution is 9.11. The highest BCUT2D eigenvalue weighted by Crippen LogP contribution is 2.16. The van der Waals surface area contributed by atoms with Gasteiger partial charge in [0.25, 0.3) is 0 Å². The summed E-state index contributed by atoms with van der Waals surface area (Å²) in [4.78, 5) is 12.9. The number of rotatable bonds is 6. The van der Waals surface area contributed by atoms with Crippen LogP contribution in [0.5, 0.6) is 0 Å². The summed E-state index contributed by atoms with van der Waals surface area (Å²) in [6.45, 7) is 2.21. The van der Waals surface area contributed by atoms with Gasteiger partial charge in [-0.15, -0.1) is 0 Å². The summed E-state index contributed by atoms with van der Waals surface area (Å²) in [5, 5.41) is 0. The summed E-state index contributed by atoms with van der Waals surface area (Å²) in [6.07, 6.45) is 9.67. The van der Waals surface area contributed by atoms with Crippen LogP contribution in [0.2, 0.25) is 0 Å². The number of pyridine rings is 1. The number of allylic oxidation sites excluding steroid dienone is 1. The number of nitrogens with zero attached hydrogens (tertiary/aromatic N) is 1. The highest BCUT2D eigenvalue weighted by atomic mass is 79.9. The number of halogens is 1. The topological polar surface area (TPSA) is 22.0 Å². The Morgan fingerprint density at radius 2 is 2.00 bits per heavy atom. The van der Waals surface area contributed by atoms with Crippen molar-refractivity contribution in [1.29, 1.82) is 0 Å². The Morgan fingerprint density at radius 3 is 2.56 bits per heavy atom. The fraction of sp³-hybridized carbons (Fsp3) is 0.462. The van der Waals surface area contributed by atoms with Gasteiger partial charge < -0.3 is 4.57 Å². The van der Waals surface area contributed by atoms with E-state index in [4.69, 9.17) is 0 Å². The third-order valence-corrected chi connectivity index (χ3v) is 3.07. The van der Waals surface area contributed by atoms with Crippen molar-refractivity contribution in [3.8, 4) is 0 Å². The molecule has 0 aliphatic heterocycles. The summed E-state index contributed by atoms with van der Waals surface area (Å²) >= 11 is 3.38. The molecule has 1 rings (SSSR count). The monoisotopic (exact) mass is 283 g/mol. The van der Waals surface area contributed by atoms with E-state index in [1.54, 1.807) is 12.1 Å². The average molecular weight is 284 g/mol. The van der Waals surface area contributed by atoms with Crippen molar-refractivity contribution in [3.63, 3.8) is 0 Å². The predicted molar refractivity (Wildman–Crippen MR) is 72.7 cm³/mol. The molecule has 0 saturated carbocycles. The summed E-state index contributed by atoms with van der Waals surface area (Å²) in [5.74, 6) is 0. The summed E-state index contributed by atoms with van der Waals surface area (Å²) in [6, 6.07) is 3.17. The van der Waals surface area contributed by atoms with Crippen LogP contribution < -0.4 is 5.43 Å². The zero-order chi connectivity index (χ0) is 11.8. The maximum atomic E-state index is 11.0. The van der Waals surface area contributed by atoms with Gasteiger partial charge in [0.05, 0.1) is 0 Å². The van der Waals surface area contributed by atoms with Crippen molar-refractivity contribution in [1.82, 2.24) is 4.57 Å². The van der Waals surface area contributed by atoms with Gasteiger partial charge in [-0.25, -0.2) is 0 Å². The lowest BCUT2D eigenvalue weighted by molar-refractivity contribution is 0.671. The highest BCUT2D eigenvalue weighted by Gasteiger charge is 1.98.